The predicted octanol–water partition coefficient (Wildman–Crippen LogP) is 6.14. The van der Waals surface area contributed by atoms with Crippen molar-refractivity contribution >= 4 is 29.0 Å². The molecule has 0 amide bonds. The highest BCUT2D eigenvalue weighted by Gasteiger charge is 2.15. The van der Waals surface area contributed by atoms with E-state index in [1.165, 1.54) is 11.1 Å². The molecule has 0 fully saturated rings. The van der Waals surface area contributed by atoms with Crippen molar-refractivity contribution in [3.05, 3.63) is 106 Å². The average Bonchev–Trinajstić information content (AvgIpc) is 2.85. The van der Waals surface area contributed by atoms with E-state index in [2.05, 4.69) is 62.0 Å². The SMILES string of the molecule is Cc1nc(-c2ccc(Cl)cn2)nc(NC[C@H](NCCc2ccccc2)c2ccccc2)c1Cl. The van der Waals surface area contributed by atoms with Gasteiger partial charge in [-0.1, -0.05) is 83.9 Å². The fourth-order valence-electron chi connectivity index (χ4n) is 3.53. The highest BCUT2D eigenvalue weighted by Crippen LogP contribution is 2.27. The first kappa shape index (κ1) is 23.2. The van der Waals surface area contributed by atoms with Crippen molar-refractivity contribution in [1.29, 1.82) is 0 Å². The summed E-state index contributed by atoms with van der Waals surface area (Å²) in [5, 5.41) is 8.16. The summed E-state index contributed by atoms with van der Waals surface area (Å²) in [6.45, 7) is 3.32. The molecule has 2 heterocycles. The number of nitrogens with one attached hydrogen (secondary N) is 2. The minimum Gasteiger partial charge on any atom is -0.367 e. The Balaban J connectivity index is 1.50. The second-order valence-electron chi connectivity index (χ2n) is 7.69. The molecule has 168 valence electrons. The number of rotatable bonds is 9. The Bertz CT molecular complexity index is 1170. The van der Waals surface area contributed by atoms with Crippen molar-refractivity contribution in [2.24, 2.45) is 0 Å². The Labute approximate surface area is 204 Å². The summed E-state index contributed by atoms with van der Waals surface area (Å²) in [5.41, 5.74) is 3.83. The van der Waals surface area contributed by atoms with E-state index in [1.54, 1.807) is 18.3 Å². The van der Waals surface area contributed by atoms with E-state index in [0.29, 0.717) is 39.6 Å². The maximum atomic E-state index is 6.54. The van der Waals surface area contributed by atoms with Crippen molar-refractivity contribution in [1.82, 2.24) is 20.3 Å². The Hall–Kier alpha value is -2.99. The Morgan fingerprint density at radius 1 is 0.879 bits per heavy atom. The third-order valence-electron chi connectivity index (χ3n) is 5.30. The fraction of sp³-hybridized carbons (Fsp3) is 0.192. The van der Waals surface area contributed by atoms with Crippen molar-refractivity contribution in [3.8, 4) is 11.5 Å². The van der Waals surface area contributed by atoms with Gasteiger partial charge in [0.2, 0.25) is 0 Å². The number of anilines is 1. The third-order valence-corrected chi connectivity index (χ3v) is 5.97. The molecule has 7 heteroatoms. The normalized spacial score (nSPS) is 11.8. The minimum atomic E-state index is 0.0818. The average molecular weight is 478 g/mol. The van der Waals surface area contributed by atoms with E-state index < -0.39 is 0 Å². The van der Waals surface area contributed by atoms with Gasteiger partial charge in [0.05, 0.1) is 10.7 Å². The molecule has 33 heavy (non-hydrogen) atoms. The smallest absolute Gasteiger partial charge is 0.180 e. The van der Waals surface area contributed by atoms with Crippen molar-refractivity contribution in [2.75, 3.05) is 18.4 Å². The second-order valence-corrected chi connectivity index (χ2v) is 8.51. The van der Waals surface area contributed by atoms with Crippen LogP contribution in [0.25, 0.3) is 11.5 Å². The van der Waals surface area contributed by atoms with Gasteiger partial charge < -0.3 is 10.6 Å². The number of hydrogen-bond donors (Lipinski definition) is 2. The lowest BCUT2D eigenvalue weighted by atomic mass is 10.1. The second kappa shape index (κ2) is 11.2. The van der Waals surface area contributed by atoms with Gasteiger partial charge in [-0.15, -0.1) is 0 Å². The Morgan fingerprint density at radius 3 is 2.30 bits per heavy atom. The zero-order valence-electron chi connectivity index (χ0n) is 18.3. The van der Waals surface area contributed by atoms with Crippen LogP contribution in [0.15, 0.2) is 79.0 Å². The summed E-state index contributed by atoms with van der Waals surface area (Å²) < 4.78 is 0. The minimum absolute atomic E-state index is 0.0818. The molecule has 0 radical (unpaired) electrons. The van der Waals surface area contributed by atoms with E-state index in [1.807, 2.05) is 31.2 Å². The van der Waals surface area contributed by atoms with Crippen LogP contribution in [-0.2, 0) is 6.42 Å². The number of nitrogens with zero attached hydrogens (tertiary/aromatic N) is 3. The van der Waals surface area contributed by atoms with E-state index in [0.717, 1.165) is 13.0 Å². The Kier molecular flexibility index (Phi) is 7.89. The number of benzene rings is 2. The molecular formula is C26H25Cl2N5. The van der Waals surface area contributed by atoms with Crippen LogP contribution in [-0.4, -0.2) is 28.0 Å². The Morgan fingerprint density at radius 2 is 1.61 bits per heavy atom. The summed E-state index contributed by atoms with van der Waals surface area (Å²) in [6.07, 6.45) is 2.53. The van der Waals surface area contributed by atoms with Gasteiger partial charge in [-0.2, -0.15) is 0 Å². The standard InChI is InChI=1S/C26H25Cl2N5/c1-18-24(28)26(33-25(32-18)22-13-12-21(27)16-30-22)31-17-23(20-10-6-3-7-11-20)29-15-14-19-8-4-2-5-9-19/h2-13,16,23,29H,14-15,17H2,1H3,(H,31,32,33)/t23-/m0/s1. The molecule has 4 aromatic rings. The van der Waals surface area contributed by atoms with Crippen molar-refractivity contribution in [2.45, 2.75) is 19.4 Å². The largest absolute Gasteiger partial charge is 0.367 e. The van der Waals surface area contributed by atoms with E-state index in [4.69, 9.17) is 23.2 Å². The lowest BCUT2D eigenvalue weighted by Gasteiger charge is -2.21. The molecule has 0 unspecified atom stereocenters. The van der Waals surface area contributed by atoms with Gasteiger partial charge in [-0.05, 0) is 43.1 Å². The molecule has 0 aliphatic heterocycles. The summed E-state index contributed by atoms with van der Waals surface area (Å²) in [7, 11) is 0. The summed E-state index contributed by atoms with van der Waals surface area (Å²) in [5.74, 6) is 1.09. The molecule has 4 rings (SSSR count). The molecule has 0 bridgehead atoms. The molecule has 0 aliphatic carbocycles. The zero-order chi connectivity index (χ0) is 23.0. The fourth-order valence-corrected chi connectivity index (χ4v) is 3.79. The highest BCUT2D eigenvalue weighted by molar-refractivity contribution is 6.33. The van der Waals surface area contributed by atoms with Crippen LogP contribution < -0.4 is 10.6 Å². The number of pyridine rings is 1. The number of halogens is 2. The molecule has 0 saturated carbocycles. The number of aryl methyl sites for hydroxylation is 1. The van der Waals surface area contributed by atoms with Gasteiger partial charge in [-0.25, -0.2) is 9.97 Å². The highest BCUT2D eigenvalue weighted by atomic mass is 35.5. The summed E-state index contributed by atoms with van der Waals surface area (Å²) >= 11 is 12.5. The number of hydrogen-bond acceptors (Lipinski definition) is 5. The molecule has 0 saturated heterocycles. The van der Waals surface area contributed by atoms with Crippen LogP contribution in [0, 0.1) is 6.92 Å². The number of aromatic nitrogens is 3. The molecule has 0 spiro atoms. The predicted molar refractivity (Wildman–Crippen MR) is 136 cm³/mol. The zero-order valence-corrected chi connectivity index (χ0v) is 19.8. The summed E-state index contributed by atoms with van der Waals surface area (Å²) in [6, 6.07) is 24.5. The quantitative estimate of drug-likeness (QED) is 0.303. The van der Waals surface area contributed by atoms with Crippen LogP contribution in [0.4, 0.5) is 5.82 Å². The summed E-state index contributed by atoms with van der Waals surface area (Å²) in [4.78, 5) is 13.5. The molecule has 1 atom stereocenters. The van der Waals surface area contributed by atoms with Gasteiger partial charge >= 0.3 is 0 Å². The lowest BCUT2D eigenvalue weighted by Crippen LogP contribution is -2.29. The van der Waals surface area contributed by atoms with Gasteiger partial charge in [-0.3, -0.25) is 4.98 Å². The first-order valence-electron chi connectivity index (χ1n) is 10.8. The first-order chi connectivity index (χ1) is 16.1. The van der Waals surface area contributed by atoms with Crippen molar-refractivity contribution in [3.63, 3.8) is 0 Å². The first-order valence-corrected chi connectivity index (χ1v) is 11.6. The monoisotopic (exact) mass is 477 g/mol. The van der Waals surface area contributed by atoms with Gasteiger partial charge in [0.25, 0.3) is 0 Å². The van der Waals surface area contributed by atoms with Crippen molar-refractivity contribution < 1.29 is 0 Å². The molecule has 0 aliphatic rings. The van der Waals surface area contributed by atoms with E-state index in [-0.39, 0.29) is 6.04 Å². The van der Waals surface area contributed by atoms with Gasteiger partial charge in [0.1, 0.15) is 16.5 Å². The molecular weight excluding hydrogens is 453 g/mol. The van der Waals surface area contributed by atoms with Crippen LogP contribution in [0.5, 0.6) is 0 Å². The lowest BCUT2D eigenvalue weighted by molar-refractivity contribution is 0.556. The van der Waals surface area contributed by atoms with E-state index >= 15 is 0 Å². The van der Waals surface area contributed by atoms with Crippen LogP contribution >= 0.6 is 23.2 Å². The molecule has 2 aromatic heterocycles. The molecule has 5 nitrogen and oxygen atoms in total. The third kappa shape index (κ3) is 6.29. The van der Waals surface area contributed by atoms with Gasteiger partial charge in [0, 0.05) is 18.8 Å². The van der Waals surface area contributed by atoms with Crippen LogP contribution in [0.1, 0.15) is 22.9 Å². The molecule has 2 N–H and O–H groups in total. The van der Waals surface area contributed by atoms with Gasteiger partial charge in [0.15, 0.2) is 5.82 Å². The van der Waals surface area contributed by atoms with Crippen LogP contribution in [0.2, 0.25) is 10.0 Å². The maximum Gasteiger partial charge on any atom is 0.180 e. The maximum absolute atomic E-state index is 6.54. The van der Waals surface area contributed by atoms with E-state index in [9.17, 15) is 0 Å². The van der Waals surface area contributed by atoms with Crippen LogP contribution in [0.3, 0.4) is 0 Å². The topological polar surface area (TPSA) is 62.7 Å². The molecule has 2 aromatic carbocycles.